The van der Waals surface area contributed by atoms with Crippen LogP contribution in [0.25, 0.3) is 0 Å². The number of allylic oxidation sites excluding steroid dienone is 8. The van der Waals surface area contributed by atoms with Gasteiger partial charge >= 0.3 is 7.82 Å². The minimum atomic E-state index is -4.32. The molecule has 0 rings (SSSR count). The topological polar surface area (TPSA) is 131 Å². The molecule has 0 aliphatic rings. The van der Waals surface area contributed by atoms with E-state index in [1.807, 2.05) is 12.2 Å². The van der Waals surface area contributed by atoms with Crippen molar-refractivity contribution < 1.29 is 28.4 Å². The van der Waals surface area contributed by atoms with Gasteiger partial charge in [-0.3, -0.25) is 13.8 Å². The predicted molar refractivity (Wildman–Crippen MR) is 184 cm³/mol. The van der Waals surface area contributed by atoms with Crippen LogP contribution in [0.2, 0.25) is 0 Å². The molecule has 5 N–H and O–H groups in total. The van der Waals surface area contributed by atoms with Gasteiger partial charge in [-0.25, -0.2) is 4.57 Å². The van der Waals surface area contributed by atoms with E-state index < -0.39 is 20.0 Å². The molecule has 0 fully saturated rings. The second kappa shape index (κ2) is 31.4. The maximum absolute atomic E-state index is 12.6. The van der Waals surface area contributed by atoms with Gasteiger partial charge in [-0.1, -0.05) is 140 Å². The normalized spacial score (nSPS) is 15.1. The maximum Gasteiger partial charge on any atom is 0.472 e. The van der Waals surface area contributed by atoms with Gasteiger partial charge in [0.05, 0.1) is 25.4 Å². The van der Waals surface area contributed by atoms with Crippen molar-refractivity contribution >= 4 is 13.7 Å². The Morgan fingerprint density at radius 3 is 1.80 bits per heavy atom. The number of hydrogen-bond donors (Lipinski definition) is 4. The number of phosphoric ester groups is 1. The number of nitrogens with two attached hydrogens (primary N) is 1. The molecule has 0 aromatic rings. The number of hydrogen-bond acceptors (Lipinski definition) is 6. The Hall–Kier alpha value is -1.54. The summed E-state index contributed by atoms with van der Waals surface area (Å²) in [5.74, 6) is -0.245. The Labute approximate surface area is 269 Å². The Morgan fingerprint density at radius 1 is 0.773 bits per heavy atom. The molecule has 0 spiro atoms. The van der Waals surface area contributed by atoms with E-state index in [4.69, 9.17) is 14.8 Å². The molecule has 0 aliphatic carbocycles. The quantitative estimate of drug-likeness (QED) is 0.0339. The third-order valence-electron chi connectivity index (χ3n) is 7.21. The smallest absolute Gasteiger partial charge is 0.391 e. The summed E-state index contributed by atoms with van der Waals surface area (Å²) < 4.78 is 22.0. The third kappa shape index (κ3) is 29.2. The van der Waals surface area contributed by atoms with E-state index >= 15 is 0 Å². The van der Waals surface area contributed by atoms with E-state index in [2.05, 4.69) is 55.6 Å². The van der Waals surface area contributed by atoms with Gasteiger partial charge in [-0.2, -0.15) is 0 Å². The second-order valence-electron chi connectivity index (χ2n) is 11.3. The molecular weight excluding hydrogens is 575 g/mol. The van der Waals surface area contributed by atoms with Crippen LogP contribution >= 0.6 is 7.82 Å². The largest absolute Gasteiger partial charge is 0.472 e. The molecule has 0 aliphatic heterocycles. The maximum atomic E-state index is 12.6. The van der Waals surface area contributed by atoms with Crippen LogP contribution in [0.3, 0.4) is 0 Å². The highest BCUT2D eigenvalue weighted by Gasteiger charge is 2.27. The van der Waals surface area contributed by atoms with Crippen LogP contribution in [0.5, 0.6) is 0 Å². The minimum Gasteiger partial charge on any atom is -0.391 e. The molecule has 0 aromatic heterocycles. The number of carbonyl (C=O) groups is 1. The van der Waals surface area contributed by atoms with E-state index in [1.165, 1.54) is 57.8 Å². The van der Waals surface area contributed by atoms with Crippen LogP contribution in [0, 0.1) is 0 Å². The number of carbonyl (C=O) groups excluding carboxylic acids is 1. The van der Waals surface area contributed by atoms with Gasteiger partial charge in [-0.05, 0) is 38.5 Å². The van der Waals surface area contributed by atoms with Crippen molar-refractivity contribution in [2.75, 3.05) is 19.8 Å². The van der Waals surface area contributed by atoms with Crippen LogP contribution in [0.4, 0.5) is 0 Å². The lowest BCUT2D eigenvalue weighted by Crippen LogP contribution is -2.46. The number of unbranched alkanes of at least 4 members (excludes halogenated alkanes) is 11. The number of nitrogens with one attached hydrogen (secondary N) is 1. The number of amides is 1. The Bertz CT molecular complexity index is 830. The molecule has 256 valence electrons. The molecular formula is C35H65N2O6P. The summed E-state index contributed by atoms with van der Waals surface area (Å²) in [5.41, 5.74) is 5.34. The zero-order chi connectivity index (χ0) is 32.6. The number of aliphatic hydroxyl groups is 1. The first-order chi connectivity index (χ1) is 21.4. The zero-order valence-electron chi connectivity index (χ0n) is 27.9. The third-order valence-corrected chi connectivity index (χ3v) is 8.19. The average Bonchev–Trinajstić information content (AvgIpc) is 3.01. The van der Waals surface area contributed by atoms with Gasteiger partial charge in [0.15, 0.2) is 0 Å². The molecule has 3 unspecified atom stereocenters. The van der Waals surface area contributed by atoms with Crippen LogP contribution in [-0.4, -0.2) is 47.8 Å². The van der Waals surface area contributed by atoms with Crippen molar-refractivity contribution in [3.05, 3.63) is 48.6 Å². The van der Waals surface area contributed by atoms with Crippen molar-refractivity contribution in [1.82, 2.24) is 5.32 Å². The highest BCUT2D eigenvalue weighted by atomic mass is 31.2. The summed E-state index contributed by atoms with van der Waals surface area (Å²) in [6.45, 7) is 3.99. The second-order valence-corrected chi connectivity index (χ2v) is 12.8. The summed E-state index contributed by atoms with van der Waals surface area (Å²) in [6, 6.07) is -0.811. The number of phosphoric acid groups is 1. The fraction of sp³-hybridized carbons (Fsp3) is 0.743. The van der Waals surface area contributed by atoms with Crippen molar-refractivity contribution in [2.45, 2.75) is 148 Å². The first-order valence-electron chi connectivity index (χ1n) is 17.3. The SMILES string of the molecule is CC/C=C\C/C=C\C/C=C\C/C=C\CCC(=O)NC(COP(=O)(O)OCCN)C(O)CCCCCCCCCCCCCC. The van der Waals surface area contributed by atoms with Gasteiger partial charge in [0.1, 0.15) is 0 Å². The minimum absolute atomic E-state index is 0.0763. The van der Waals surface area contributed by atoms with Crippen molar-refractivity contribution in [3.8, 4) is 0 Å². The van der Waals surface area contributed by atoms with Crippen molar-refractivity contribution in [3.63, 3.8) is 0 Å². The molecule has 9 heteroatoms. The Morgan fingerprint density at radius 2 is 1.27 bits per heavy atom. The Balaban J connectivity index is 4.45. The molecule has 0 radical (unpaired) electrons. The molecule has 1 amide bonds. The van der Waals surface area contributed by atoms with Gasteiger partial charge < -0.3 is 21.1 Å². The summed E-state index contributed by atoms with van der Waals surface area (Å²) in [7, 11) is -4.32. The fourth-order valence-corrected chi connectivity index (χ4v) is 5.38. The summed E-state index contributed by atoms with van der Waals surface area (Å²) in [4.78, 5) is 22.5. The van der Waals surface area contributed by atoms with Gasteiger partial charge in [-0.15, -0.1) is 0 Å². The standard InChI is InChI=1S/C35H65N2O6P/c1-3-5-7-9-11-13-15-17-19-21-23-25-27-29-35(39)37-33(32-43-44(40,41)42-31-30-36)34(38)28-26-24-22-20-18-16-14-12-10-8-6-4-2/h5,7,11,13,17,19,23,25,33-34,38H,3-4,6,8-10,12,14-16,18,20-22,24,26-32,36H2,1-2H3,(H,37,39)(H,40,41)/b7-5-,13-11-,19-17-,25-23-. The highest BCUT2D eigenvalue weighted by molar-refractivity contribution is 7.47. The van der Waals surface area contributed by atoms with E-state index in [0.717, 1.165) is 44.9 Å². The predicted octanol–water partition coefficient (Wildman–Crippen LogP) is 8.60. The number of rotatable bonds is 31. The lowest BCUT2D eigenvalue weighted by molar-refractivity contribution is -0.123. The fourth-order valence-electron chi connectivity index (χ4n) is 4.62. The average molecular weight is 641 g/mol. The first kappa shape index (κ1) is 42.5. The van der Waals surface area contributed by atoms with Crippen LogP contribution in [-0.2, 0) is 18.4 Å². The molecule has 44 heavy (non-hydrogen) atoms. The van der Waals surface area contributed by atoms with E-state index in [-0.39, 0.29) is 32.1 Å². The molecule has 3 atom stereocenters. The van der Waals surface area contributed by atoms with Crippen LogP contribution in [0.15, 0.2) is 48.6 Å². The highest BCUT2D eigenvalue weighted by Crippen LogP contribution is 2.43. The lowest BCUT2D eigenvalue weighted by Gasteiger charge is -2.25. The monoisotopic (exact) mass is 640 g/mol. The summed E-state index contributed by atoms with van der Waals surface area (Å²) in [5, 5.41) is 13.6. The zero-order valence-corrected chi connectivity index (χ0v) is 28.8. The van der Waals surface area contributed by atoms with Gasteiger partial charge in [0.2, 0.25) is 5.91 Å². The molecule has 0 bridgehead atoms. The molecule has 0 saturated carbocycles. The van der Waals surface area contributed by atoms with Crippen molar-refractivity contribution in [1.29, 1.82) is 0 Å². The summed E-state index contributed by atoms with van der Waals surface area (Å²) >= 11 is 0. The molecule has 0 heterocycles. The van der Waals surface area contributed by atoms with Crippen LogP contribution in [0.1, 0.15) is 136 Å². The molecule has 0 aromatic carbocycles. The van der Waals surface area contributed by atoms with Gasteiger partial charge in [0, 0.05) is 13.0 Å². The molecule has 8 nitrogen and oxygen atoms in total. The summed E-state index contributed by atoms with van der Waals surface area (Å²) in [6.07, 6.45) is 35.6. The van der Waals surface area contributed by atoms with Crippen LogP contribution < -0.4 is 11.1 Å². The van der Waals surface area contributed by atoms with Gasteiger partial charge in [0.25, 0.3) is 0 Å². The molecule has 0 saturated heterocycles. The van der Waals surface area contributed by atoms with E-state index in [0.29, 0.717) is 12.8 Å². The number of aliphatic hydroxyl groups excluding tert-OH is 1. The van der Waals surface area contributed by atoms with E-state index in [1.54, 1.807) is 0 Å². The Kier molecular flexibility index (Phi) is 30.3. The van der Waals surface area contributed by atoms with E-state index in [9.17, 15) is 19.4 Å². The first-order valence-corrected chi connectivity index (χ1v) is 18.7. The lowest BCUT2D eigenvalue weighted by atomic mass is 10.0. The van der Waals surface area contributed by atoms with Crippen molar-refractivity contribution in [2.24, 2.45) is 5.73 Å².